The lowest BCUT2D eigenvalue weighted by atomic mass is 9.77. The fraction of sp³-hybridized carbons (Fsp3) is 0.444. The number of ether oxygens (including phenoxy) is 1. The molecule has 6 nitrogen and oxygen atoms in total. The van der Waals surface area contributed by atoms with E-state index in [1.165, 1.54) is 16.5 Å². The first-order valence-corrected chi connectivity index (χ1v) is 12.6. The zero-order chi connectivity index (χ0) is 23.8. The molecule has 0 unspecified atom stereocenters. The third-order valence-corrected chi connectivity index (χ3v) is 7.57. The van der Waals surface area contributed by atoms with Gasteiger partial charge in [-0.15, -0.1) is 11.6 Å². The number of pyridine rings is 1. The summed E-state index contributed by atoms with van der Waals surface area (Å²) >= 11 is 5.71. The molecule has 1 aromatic carbocycles. The molecule has 5 rings (SSSR count). The summed E-state index contributed by atoms with van der Waals surface area (Å²) in [7, 11) is 1.66. The Morgan fingerprint density at radius 1 is 1.24 bits per heavy atom. The highest BCUT2D eigenvalue weighted by Crippen LogP contribution is 2.41. The van der Waals surface area contributed by atoms with Crippen LogP contribution in [0.25, 0.3) is 27.8 Å². The van der Waals surface area contributed by atoms with E-state index >= 15 is 0 Å². The smallest absolute Gasteiger partial charge is 0.197 e. The van der Waals surface area contributed by atoms with Gasteiger partial charge in [0.2, 0.25) is 0 Å². The molecule has 0 aliphatic heterocycles. The minimum Gasteiger partial charge on any atom is -0.493 e. The number of halogens is 1. The zero-order valence-electron chi connectivity index (χ0n) is 20.0. The number of ketones is 1. The number of aromatic nitrogens is 4. The van der Waals surface area contributed by atoms with Crippen molar-refractivity contribution in [3.63, 3.8) is 0 Å². The lowest BCUT2D eigenvalue weighted by Crippen LogP contribution is -2.17. The number of aromatic amines is 1. The van der Waals surface area contributed by atoms with Gasteiger partial charge < -0.3 is 9.72 Å². The predicted octanol–water partition coefficient (Wildman–Crippen LogP) is 6.48. The van der Waals surface area contributed by atoms with Gasteiger partial charge in [-0.25, -0.2) is 9.50 Å². The minimum atomic E-state index is 0.139. The Bertz CT molecular complexity index is 1330. The molecule has 3 aromatic heterocycles. The van der Waals surface area contributed by atoms with Gasteiger partial charge in [-0.05, 0) is 72.8 Å². The Kier molecular flexibility index (Phi) is 6.34. The van der Waals surface area contributed by atoms with Crippen molar-refractivity contribution in [3.8, 4) is 17.0 Å². The number of nitrogens with one attached hydrogen (secondary N) is 1. The summed E-state index contributed by atoms with van der Waals surface area (Å²) in [5.74, 6) is 2.38. The fourth-order valence-corrected chi connectivity index (χ4v) is 5.68. The van der Waals surface area contributed by atoms with Crippen molar-refractivity contribution in [2.24, 2.45) is 5.92 Å². The normalized spacial score (nSPS) is 18.7. The van der Waals surface area contributed by atoms with Gasteiger partial charge in [0, 0.05) is 29.1 Å². The third-order valence-electron chi connectivity index (χ3n) is 7.27. The quantitative estimate of drug-likeness (QED) is 0.308. The minimum absolute atomic E-state index is 0.139. The summed E-state index contributed by atoms with van der Waals surface area (Å²) in [4.78, 5) is 19.7. The summed E-state index contributed by atoms with van der Waals surface area (Å²) in [6.45, 7) is 4.48. The van der Waals surface area contributed by atoms with Crippen LogP contribution < -0.4 is 4.74 Å². The standard InChI is InChI=1S/C27H31ClN4O2/c1-16(2)25-22-11-19(18-6-4-17(5-7-18)10-21(33)13-28)8-9-23(22)31-26(25)20-12-24(34-3)27-29-15-30-32(27)14-20/h8-9,11-12,14-18,31H,4-7,10,13H2,1-3H3. The number of H-pyrrole nitrogens is 1. The van der Waals surface area contributed by atoms with E-state index in [4.69, 9.17) is 16.3 Å². The van der Waals surface area contributed by atoms with Crippen LogP contribution in [0.5, 0.6) is 5.75 Å². The second-order valence-electron chi connectivity index (χ2n) is 9.79. The molecular weight excluding hydrogens is 448 g/mol. The molecule has 0 radical (unpaired) electrons. The van der Waals surface area contributed by atoms with E-state index in [0.29, 0.717) is 35.6 Å². The van der Waals surface area contributed by atoms with Crippen LogP contribution in [-0.2, 0) is 4.79 Å². The second kappa shape index (κ2) is 9.41. The van der Waals surface area contributed by atoms with Crippen LogP contribution in [0.4, 0.5) is 0 Å². The van der Waals surface area contributed by atoms with Crippen LogP contribution in [-0.4, -0.2) is 38.4 Å². The van der Waals surface area contributed by atoms with E-state index in [1.807, 2.05) is 12.3 Å². The van der Waals surface area contributed by atoms with Gasteiger partial charge in [0.15, 0.2) is 11.4 Å². The van der Waals surface area contributed by atoms with Crippen LogP contribution in [0.1, 0.15) is 68.9 Å². The number of rotatable bonds is 7. The molecule has 178 valence electrons. The third kappa shape index (κ3) is 4.20. The fourth-order valence-electron chi connectivity index (χ4n) is 5.57. The molecule has 1 fully saturated rings. The molecule has 0 saturated heterocycles. The van der Waals surface area contributed by atoms with Gasteiger partial charge in [-0.1, -0.05) is 19.9 Å². The van der Waals surface area contributed by atoms with Crippen LogP contribution in [0.2, 0.25) is 0 Å². The Morgan fingerprint density at radius 2 is 2.03 bits per heavy atom. The van der Waals surface area contributed by atoms with Crippen molar-refractivity contribution in [2.45, 2.75) is 57.8 Å². The molecule has 1 aliphatic rings. The van der Waals surface area contributed by atoms with Crippen molar-refractivity contribution in [1.29, 1.82) is 0 Å². The molecule has 0 spiro atoms. The number of carbonyl (C=O) groups excluding carboxylic acids is 1. The van der Waals surface area contributed by atoms with Gasteiger partial charge in [0.25, 0.3) is 0 Å². The molecule has 0 amide bonds. The maximum absolute atomic E-state index is 11.7. The highest BCUT2D eigenvalue weighted by atomic mass is 35.5. The number of alkyl halides is 1. The number of methoxy groups -OCH3 is 1. The van der Waals surface area contributed by atoms with Crippen LogP contribution >= 0.6 is 11.6 Å². The monoisotopic (exact) mass is 478 g/mol. The topological polar surface area (TPSA) is 72.3 Å². The molecule has 0 atom stereocenters. The number of fused-ring (bicyclic) bond motifs is 2. The molecule has 3 heterocycles. The molecular formula is C27H31ClN4O2. The zero-order valence-corrected chi connectivity index (χ0v) is 20.7. The maximum atomic E-state index is 11.7. The number of hydrogen-bond acceptors (Lipinski definition) is 4. The van der Waals surface area contributed by atoms with Crippen LogP contribution in [0, 0.1) is 5.92 Å². The van der Waals surface area contributed by atoms with E-state index in [1.54, 1.807) is 18.0 Å². The van der Waals surface area contributed by atoms with Crippen molar-refractivity contribution >= 4 is 33.9 Å². The maximum Gasteiger partial charge on any atom is 0.197 e. The average Bonchev–Trinajstić information content (AvgIpc) is 3.48. The van der Waals surface area contributed by atoms with Crippen molar-refractivity contribution in [2.75, 3.05) is 13.0 Å². The van der Waals surface area contributed by atoms with Crippen molar-refractivity contribution in [3.05, 3.63) is 47.9 Å². The molecule has 1 aliphatic carbocycles. The summed E-state index contributed by atoms with van der Waals surface area (Å²) in [6, 6.07) is 8.90. The first-order valence-electron chi connectivity index (χ1n) is 12.1. The van der Waals surface area contributed by atoms with E-state index in [2.05, 4.69) is 47.1 Å². The Balaban J connectivity index is 1.49. The van der Waals surface area contributed by atoms with Crippen molar-refractivity contribution in [1.82, 2.24) is 19.6 Å². The molecule has 34 heavy (non-hydrogen) atoms. The number of carbonyl (C=O) groups is 1. The first-order chi connectivity index (χ1) is 16.5. The number of Topliss-reactive ketones (excluding diaryl/α,β-unsaturated/α-hetero) is 1. The molecule has 1 N–H and O–H groups in total. The first kappa shape index (κ1) is 22.9. The Morgan fingerprint density at radius 3 is 2.74 bits per heavy atom. The van der Waals surface area contributed by atoms with Crippen LogP contribution in [0.15, 0.2) is 36.8 Å². The predicted molar refractivity (Wildman–Crippen MR) is 136 cm³/mol. The summed E-state index contributed by atoms with van der Waals surface area (Å²) in [5, 5.41) is 5.61. The summed E-state index contributed by atoms with van der Waals surface area (Å²) in [5.41, 5.74) is 6.67. The summed E-state index contributed by atoms with van der Waals surface area (Å²) < 4.78 is 7.36. The molecule has 0 bridgehead atoms. The SMILES string of the molecule is COc1cc(-c2[nH]c3ccc(C4CCC(CC(=O)CCl)CC4)cc3c2C(C)C)cn2ncnc12. The van der Waals surface area contributed by atoms with Gasteiger partial charge in [0.1, 0.15) is 12.1 Å². The van der Waals surface area contributed by atoms with E-state index in [0.717, 1.165) is 42.5 Å². The molecule has 7 heteroatoms. The number of benzene rings is 1. The average molecular weight is 479 g/mol. The number of hydrogen-bond donors (Lipinski definition) is 1. The van der Waals surface area contributed by atoms with Crippen molar-refractivity contribution < 1.29 is 9.53 Å². The second-order valence-corrected chi connectivity index (χ2v) is 10.1. The highest BCUT2D eigenvalue weighted by molar-refractivity contribution is 6.27. The Labute approximate surface area is 204 Å². The van der Waals surface area contributed by atoms with Gasteiger partial charge >= 0.3 is 0 Å². The lowest BCUT2D eigenvalue weighted by molar-refractivity contribution is -0.117. The van der Waals surface area contributed by atoms with Crippen LogP contribution in [0.3, 0.4) is 0 Å². The van der Waals surface area contributed by atoms with E-state index in [-0.39, 0.29) is 11.7 Å². The van der Waals surface area contributed by atoms with Gasteiger partial charge in [-0.2, -0.15) is 5.10 Å². The highest BCUT2D eigenvalue weighted by Gasteiger charge is 2.25. The molecule has 1 saturated carbocycles. The lowest BCUT2D eigenvalue weighted by Gasteiger charge is -2.28. The van der Waals surface area contributed by atoms with E-state index < -0.39 is 0 Å². The number of nitrogens with zero attached hydrogens (tertiary/aromatic N) is 3. The largest absolute Gasteiger partial charge is 0.493 e. The van der Waals surface area contributed by atoms with Gasteiger partial charge in [-0.3, -0.25) is 4.79 Å². The molecule has 4 aromatic rings. The van der Waals surface area contributed by atoms with E-state index in [9.17, 15) is 4.79 Å². The van der Waals surface area contributed by atoms with Gasteiger partial charge in [0.05, 0.1) is 18.7 Å². The summed E-state index contributed by atoms with van der Waals surface area (Å²) in [6.07, 6.45) is 8.62. The Hall–Kier alpha value is -2.86.